The number of aromatic nitrogens is 2. The summed E-state index contributed by atoms with van der Waals surface area (Å²) >= 11 is 0. The highest BCUT2D eigenvalue weighted by Gasteiger charge is 2.18. The third kappa shape index (κ3) is 2.50. The Bertz CT molecular complexity index is 351. The van der Waals surface area contributed by atoms with E-state index in [4.69, 9.17) is 5.73 Å². The number of anilines is 1. The predicted molar refractivity (Wildman–Crippen MR) is 65.0 cm³/mol. The van der Waals surface area contributed by atoms with E-state index < -0.39 is 0 Å². The van der Waals surface area contributed by atoms with Gasteiger partial charge in [0.2, 0.25) is 0 Å². The van der Waals surface area contributed by atoms with Crippen LogP contribution in [0.1, 0.15) is 37.4 Å². The Kier molecular flexibility index (Phi) is 3.72. The van der Waals surface area contributed by atoms with Crippen molar-refractivity contribution in [1.82, 2.24) is 14.9 Å². The summed E-state index contributed by atoms with van der Waals surface area (Å²) in [6, 6.07) is 0. The van der Waals surface area contributed by atoms with E-state index in [0.717, 1.165) is 30.8 Å². The zero-order valence-electron chi connectivity index (χ0n) is 9.95. The van der Waals surface area contributed by atoms with Gasteiger partial charge in [-0.05, 0) is 19.4 Å². The third-order valence-corrected chi connectivity index (χ3v) is 3.20. The Hall–Kier alpha value is -1.16. The van der Waals surface area contributed by atoms with Crippen LogP contribution in [-0.2, 0) is 13.0 Å². The first-order valence-corrected chi connectivity index (χ1v) is 6.12. The summed E-state index contributed by atoms with van der Waals surface area (Å²) < 4.78 is 0. The fourth-order valence-corrected chi connectivity index (χ4v) is 2.21. The van der Waals surface area contributed by atoms with Crippen molar-refractivity contribution in [2.45, 2.75) is 39.2 Å². The molecule has 4 heteroatoms. The number of nitrogens with two attached hydrogens (primary N) is 1. The number of fused-ring (bicyclic) bond motifs is 1. The molecule has 0 atom stereocenters. The smallest absolute Gasteiger partial charge is 0.130 e. The molecule has 0 aliphatic carbocycles. The summed E-state index contributed by atoms with van der Waals surface area (Å²) in [4.78, 5) is 10.8. The number of nitrogen functional groups attached to an aromatic ring is 1. The summed E-state index contributed by atoms with van der Waals surface area (Å²) in [6.45, 7) is 5.44. The highest BCUT2D eigenvalue weighted by molar-refractivity contribution is 5.42. The number of hydrogen-bond donors (Lipinski definition) is 1. The molecule has 0 unspecified atom stereocenters. The maximum absolute atomic E-state index is 5.84. The lowest BCUT2D eigenvalue weighted by Gasteiger charge is -2.28. The molecule has 88 valence electrons. The van der Waals surface area contributed by atoms with Gasteiger partial charge in [0.15, 0.2) is 0 Å². The molecular weight excluding hydrogens is 200 g/mol. The van der Waals surface area contributed by atoms with Crippen molar-refractivity contribution in [3.8, 4) is 0 Å². The molecule has 0 aromatic carbocycles. The van der Waals surface area contributed by atoms with E-state index >= 15 is 0 Å². The molecule has 2 rings (SSSR count). The van der Waals surface area contributed by atoms with Crippen molar-refractivity contribution >= 4 is 5.82 Å². The molecular formula is C12H20N4. The molecule has 0 bridgehead atoms. The van der Waals surface area contributed by atoms with Gasteiger partial charge in [-0.25, -0.2) is 9.97 Å². The third-order valence-electron chi connectivity index (χ3n) is 3.20. The number of rotatable bonds is 4. The zero-order valence-corrected chi connectivity index (χ0v) is 9.95. The average Bonchev–Trinajstić information content (AvgIpc) is 2.30. The summed E-state index contributed by atoms with van der Waals surface area (Å²) in [5, 5.41) is 0. The topological polar surface area (TPSA) is 55.0 Å². The van der Waals surface area contributed by atoms with Crippen LogP contribution in [0.25, 0.3) is 0 Å². The van der Waals surface area contributed by atoms with Gasteiger partial charge in [0.25, 0.3) is 0 Å². The zero-order chi connectivity index (χ0) is 11.4. The first-order valence-electron chi connectivity index (χ1n) is 6.12. The number of unbranched alkanes of at least 4 members (excludes halogenated alkanes) is 2. The van der Waals surface area contributed by atoms with Crippen molar-refractivity contribution in [2.24, 2.45) is 0 Å². The van der Waals surface area contributed by atoms with Gasteiger partial charge in [-0.1, -0.05) is 19.8 Å². The fourth-order valence-electron chi connectivity index (χ4n) is 2.21. The first kappa shape index (κ1) is 11.3. The SMILES string of the molecule is CCCCCN1CCc2c(N)ncnc2C1. The highest BCUT2D eigenvalue weighted by atomic mass is 15.1. The molecule has 0 amide bonds. The molecule has 2 heterocycles. The van der Waals surface area contributed by atoms with Gasteiger partial charge >= 0.3 is 0 Å². The van der Waals surface area contributed by atoms with Crippen LogP contribution in [-0.4, -0.2) is 28.0 Å². The molecule has 0 fully saturated rings. The predicted octanol–water partition coefficient (Wildman–Crippen LogP) is 1.61. The van der Waals surface area contributed by atoms with E-state index in [1.165, 1.54) is 25.8 Å². The minimum atomic E-state index is 0.665. The largest absolute Gasteiger partial charge is 0.383 e. The summed E-state index contributed by atoms with van der Waals surface area (Å²) in [6.07, 6.45) is 6.44. The molecule has 1 aliphatic heterocycles. The molecule has 0 saturated heterocycles. The van der Waals surface area contributed by atoms with E-state index in [1.54, 1.807) is 6.33 Å². The maximum atomic E-state index is 5.84. The summed E-state index contributed by atoms with van der Waals surface area (Å²) in [5.74, 6) is 0.665. The van der Waals surface area contributed by atoms with Crippen molar-refractivity contribution in [2.75, 3.05) is 18.8 Å². The van der Waals surface area contributed by atoms with E-state index in [0.29, 0.717) is 5.82 Å². The second-order valence-corrected chi connectivity index (χ2v) is 4.42. The number of nitrogens with zero attached hydrogens (tertiary/aromatic N) is 3. The van der Waals surface area contributed by atoms with Gasteiger partial charge in [-0.15, -0.1) is 0 Å². The molecule has 0 saturated carbocycles. The van der Waals surface area contributed by atoms with Crippen LogP contribution in [0.5, 0.6) is 0 Å². The Labute approximate surface area is 96.9 Å². The number of hydrogen-bond acceptors (Lipinski definition) is 4. The van der Waals surface area contributed by atoms with Gasteiger partial charge in [0, 0.05) is 18.7 Å². The summed E-state index contributed by atoms with van der Waals surface area (Å²) in [5.41, 5.74) is 8.12. The van der Waals surface area contributed by atoms with E-state index in [2.05, 4.69) is 21.8 Å². The quantitative estimate of drug-likeness (QED) is 0.783. The lowest BCUT2D eigenvalue weighted by atomic mass is 10.1. The highest BCUT2D eigenvalue weighted by Crippen LogP contribution is 2.20. The second-order valence-electron chi connectivity index (χ2n) is 4.42. The normalized spacial score (nSPS) is 16.1. The monoisotopic (exact) mass is 220 g/mol. The van der Waals surface area contributed by atoms with Gasteiger partial charge in [-0.2, -0.15) is 0 Å². The second kappa shape index (κ2) is 5.25. The Morgan fingerprint density at radius 1 is 1.38 bits per heavy atom. The van der Waals surface area contributed by atoms with E-state index in [-0.39, 0.29) is 0 Å². The van der Waals surface area contributed by atoms with E-state index in [1.807, 2.05) is 0 Å². The molecule has 1 aromatic rings. The van der Waals surface area contributed by atoms with Crippen LogP contribution in [0.3, 0.4) is 0 Å². The molecule has 0 spiro atoms. The van der Waals surface area contributed by atoms with Crippen LogP contribution < -0.4 is 5.73 Å². The molecule has 0 radical (unpaired) electrons. The maximum Gasteiger partial charge on any atom is 0.130 e. The van der Waals surface area contributed by atoms with Crippen LogP contribution >= 0.6 is 0 Å². The lowest BCUT2D eigenvalue weighted by molar-refractivity contribution is 0.245. The molecule has 4 nitrogen and oxygen atoms in total. The molecule has 2 N–H and O–H groups in total. The Morgan fingerprint density at radius 3 is 3.06 bits per heavy atom. The molecule has 1 aliphatic rings. The van der Waals surface area contributed by atoms with Crippen molar-refractivity contribution in [1.29, 1.82) is 0 Å². The lowest BCUT2D eigenvalue weighted by Crippen LogP contribution is -2.32. The molecule has 16 heavy (non-hydrogen) atoms. The van der Waals surface area contributed by atoms with Crippen LogP contribution in [0, 0.1) is 0 Å². The minimum absolute atomic E-state index is 0.665. The average molecular weight is 220 g/mol. The van der Waals surface area contributed by atoms with Crippen LogP contribution in [0.15, 0.2) is 6.33 Å². The van der Waals surface area contributed by atoms with Crippen molar-refractivity contribution < 1.29 is 0 Å². The van der Waals surface area contributed by atoms with Crippen LogP contribution in [0.2, 0.25) is 0 Å². The standard InChI is InChI=1S/C12H20N4/c1-2-3-4-6-16-7-5-10-11(8-16)14-9-15-12(10)13/h9H,2-8H2,1H3,(H2,13,14,15). The fraction of sp³-hybridized carbons (Fsp3) is 0.667. The minimum Gasteiger partial charge on any atom is -0.383 e. The van der Waals surface area contributed by atoms with E-state index in [9.17, 15) is 0 Å². The van der Waals surface area contributed by atoms with Crippen LogP contribution in [0.4, 0.5) is 5.82 Å². The van der Waals surface area contributed by atoms with Gasteiger partial charge in [-0.3, -0.25) is 4.90 Å². The molecule has 1 aromatic heterocycles. The first-order chi connectivity index (χ1) is 7.81. The van der Waals surface area contributed by atoms with Crippen molar-refractivity contribution in [3.05, 3.63) is 17.6 Å². The van der Waals surface area contributed by atoms with Crippen molar-refractivity contribution in [3.63, 3.8) is 0 Å². The van der Waals surface area contributed by atoms with Gasteiger partial charge < -0.3 is 5.73 Å². The summed E-state index contributed by atoms with van der Waals surface area (Å²) in [7, 11) is 0. The Morgan fingerprint density at radius 2 is 2.25 bits per heavy atom. The van der Waals surface area contributed by atoms with Gasteiger partial charge in [0.1, 0.15) is 12.1 Å². The Balaban J connectivity index is 1.96. The van der Waals surface area contributed by atoms with Gasteiger partial charge in [0.05, 0.1) is 5.69 Å².